The summed E-state index contributed by atoms with van der Waals surface area (Å²) in [6, 6.07) is 60.6. The number of thiophene rings is 2. The highest BCUT2D eigenvalue weighted by Crippen LogP contribution is 2.44. The third-order valence-corrected chi connectivity index (χ3v) is 25.3. The van der Waals surface area contributed by atoms with Gasteiger partial charge in [0.1, 0.15) is 47.8 Å². The standard InChI is InChI=1S/C29H25NO5S2.C29H25NO5S.C29H25NO4S2/c1-16-9-14-24(35-18(3)19-10-12-20(13-11-19)37(4,33)34)26-22(29(31)32)15-23(30-27(16)26)28-17(2)21-7-5-6-8-25(21)36-28;1-17-9-14-25(34-16-19-10-12-20(13-11-19)36(3,4)33)26-22(29(31)32)15-23(30-27(17)26)28-18(2)21-7-5-6-8-24(21)35-28;1-17-9-14-24(34-16-19-10-12-20(13-11-19)36(3,4)33)26-22(29(31)32)15-23(30-27(17)26)28-18(2)21-7-5-6-8-25(21)35-28/h5-15,18H,1-4H3,(H,31,32);2*5-15H,3,16H2,1-2,4H3,(H,31,32)/t18-;;/m1../s1. The molecule has 0 radical (unpaired) electrons. The van der Waals surface area contributed by atoms with Crippen molar-refractivity contribution in [2.45, 2.75) is 82.5 Å². The summed E-state index contributed by atoms with van der Waals surface area (Å²) < 4.78 is 74.7. The lowest BCUT2D eigenvalue weighted by Gasteiger charge is -2.19. The molecule has 0 aliphatic rings. The first-order valence-corrected chi connectivity index (χ1v) is 42.1. The average Bonchev–Trinajstić information content (AvgIpc) is 1.75. The number of aromatic carboxylic acids is 3. The summed E-state index contributed by atoms with van der Waals surface area (Å²) in [4.78, 5) is 55.4. The van der Waals surface area contributed by atoms with Crippen molar-refractivity contribution in [1.29, 1.82) is 0 Å². The number of ether oxygens (including phenoxy) is 3. The lowest BCUT2D eigenvalue weighted by Crippen LogP contribution is -2.07. The van der Waals surface area contributed by atoms with Crippen LogP contribution in [0.4, 0.5) is 0 Å². The normalized spacial score (nSPS) is 12.9. The van der Waals surface area contributed by atoms with Crippen LogP contribution < -0.4 is 14.2 Å². The van der Waals surface area contributed by atoms with Crippen LogP contribution >= 0.6 is 22.7 Å². The van der Waals surface area contributed by atoms with Crippen molar-refractivity contribution < 1.29 is 65.2 Å². The van der Waals surface area contributed by atoms with Crippen LogP contribution in [0.1, 0.15) is 94.2 Å². The fourth-order valence-electron chi connectivity index (χ4n) is 13.1. The fraction of sp³-hybridized carbons (Fsp3) is 0.149. The lowest BCUT2D eigenvalue weighted by molar-refractivity contribution is 0.0688. The van der Waals surface area contributed by atoms with Crippen molar-refractivity contribution in [3.05, 3.63) is 267 Å². The second-order valence-corrected chi connectivity index (χ2v) is 36.1. The number of carboxylic acids is 3. The fourth-order valence-corrected chi connectivity index (χ4v) is 17.5. The first kappa shape index (κ1) is 75.7. The summed E-state index contributed by atoms with van der Waals surface area (Å²) in [6.07, 6.45) is 3.91. The Bertz CT molecular complexity index is 6280. The van der Waals surface area contributed by atoms with E-state index >= 15 is 0 Å². The van der Waals surface area contributed by atoms with E-state index in [1.54, 1.807) is 120 Å². The zero-order valence-electron chi connectivity index (χ0n) is 61.2. The quantitative estimate of drug-likeness (QED) is 0.0674. The van der Waals surface area contributed by atoms with Gasteiger partial charge in [0.2, 0.25) is 0 Å². The molecule has 3 N–H and O–H groups in total. The molecule has 9 aromatic carbocycles. The lowest BCUT2D eigenvalue weighted by atomic mass is 10.0. The molecule has 0 saturated carbocycles. The van der Waals surface area contributed by atoms with E-state index < -0.39 is 52.9 Å². The average molecular weight is 1550 g/mol. The molecule has 6 heterocycles. The Hall–Kier alpha value is -11.5. The zero-order valence-corrected chi connectivity index (χ0v) is 65.3. The van der Waals surface area contributed by atoms with Crippen molar-refractivity contribution in [1.82, 2.24) is 15.0 Å². The highest BCUT2D eigenvalue weighted by atomic mass is 32.2. The Morgan fingerprint density at radius 2 is 0.817 bits per heavy atom. The first-order chi connectivity index (χ1) is 51.8. The minimum absolute atomic E-state index is 0.0895. The van der Waals surface area contributed by atoms with Crippen LogP contribution in [0.5, 0.6) is 17.2 Å². The number of hydrogen-bond acceptors (Lipinski definition) is 16. The number of rotatable bonds is 18. The van der Waals surface area contributed by atoms with Gasteiger partial charge in [-0.1, -0.05) is 109 Å². The molecule has 0 aliphatic heterocycles. The number of aryl methyl sites for hydroxylation is 6. The van der Waals surface area contributed by atoms with Crippen molar-refractivity contribution in [3.8, 4) is 49.8 Å². The van der Waals surface area contributed by atoms with Gasteiger partial charge in [0, 0.05) is 48.9 Å². The van der Waals surface area contributed by atoms with E-state index in [4.69, 9.17) is 33.6 Å². The van der Waals surface area contributed by atoms with Crippen LogP contribution in [0.3, 0.4) is 0 Å². The summed E-state index contributed by atoms with van der Waals surface area (Å²) in [5, 5.41) is 35.1. The number of carboxylic acid groups (broad SMARTS) is 3. The topological polar surface area (TPSA) is 260 Å². The van der Waals surface area contributed by atoms with Gasteiger partial charge in [-0.25, -0.2) is 37.8 Å². The van der Waals surface area contributed by atoms with Gasteiger partial charge in [0.05, 0.1) is 75.4 Å². The van der Waals surface area contributed by atoms with Gasteiger partial charge >= 0.3 is 17.9 Å². The van der Waals surface area contributed by atoms with E-state index in [2.05, 4.69) is 36.0 Å². The van der Waals surface area contributed by atoms with Crippen LogP contribution in [-0.4, -0.2) is 95.5 Å². The van der Waals surface area contributed by atoms with Crippen LogP contribution in [0.15, 0.2) is 219 Å². The third kappa shape index (κ3) is 15.7. The second kappa shape index (κ2) is 30.3. The van der Waals surface area contributed by atoms with Gasteiger partial charge in [-0.05, 0) is 226 Å². The SMILES string of the molecule is C=S(C)(=O)c1ccc(COc2ccc(C)c3nc(-c4oc5ccccc5c4C)cc(C(=O)O)c23)cc1.C=S(C)(=O)c1ccc(COc2ccc(C)c3nc(-c4sc5ccccc5c4C)cc(C(=O)O)c23)cc1.Cc1c(-c2cc(C(=O)O)c3c(O[C@H](C)c4ccc(S(C)(=O)=O)cc4)ccc(C)c3n2)sc2ccccc12. The molecule has 552 valence electrons. The van der Waals surface area contributed by atoms with Gasteiger partial charge in [-0.2, -0.15) is 0 Å². The molecule has 3 atom stereocenters. The number of pyridine rings is 3. The van der Waals surface area contributed by atoms with E-state index in [0.717, 1.165) is 97.2 Å². The number of fused-ring (bicyclic) bond motifs is 6. The molecular weight excluding hydrogens is 1470 g/mol. The van der Waals surface area contributed by atoms with E-state index in [0.29, 0.717) is 82.6 Å². The number of para-hydroxylation sites is 1. The van der Waals surface area contributed by atoms with Crippen molar-refractivity contribution in [2.24, 2.45) is 0 Å². The summed E-state index contributed by atoms with van der Waals surface area (Å²) in [6.45, 7) is 14.0. The van der Waals surface area contributed by atoms with Gasteiger partial charge in [-0.15, -0.1) is 22.7 Å². The summed E-state index contributed by atoms with van der Waals surface area (Å²) >= 11 is 3.21. The maximum atomic E-state index is 12.5. The minimum atomic E-state index is -3.31. The third-order valence-electron chi connectivity index (χ3n) is 19.0. The van der Waals surface area contributed by atoms with Crippen LogP contribution in [-0.2, 0) is 42.1 Å². The molecule has 0 spiro atoms. The predicted molar refractivity (Wildman–Crippen MR) is 440 cm³/mol. The van der Waals surface area contributed by atoms with Crippen LogP contribution in [0, 0.1) is 41.5 Å². The first-order valence-electron chi connectivity index (χ1n) is 34.3. The Balaban J connectivity index is 0.000000144. The molecule has 15 rings (SSSR count). The summed E-state index contributed by atoms with van der Waals surface area (Å²) in [5.41, 5.74) is 12.6. The molecule has 6 aromatic heterocycles. The van der Waals surface area contributed by atoms with Gasteiger partial charge < -0.3 is 33.9 Å². The number of furan rings is 1. The van der Waals surface area contributed by atoms with Crippen LogP contribution in [0.25, 0.3) is 96.4 Å². The number of benzene rings is 9. The zero-order chi connectivity index (χ0) is 77.7. The maximum absolute atomic E-state index is 12.5. The molecule has 109 heavy (non-hydrogen) atoms. The number of nitrogens with zero attached hydrogens (tertiary/aromatic N) is 3. The van der Waals surface area contributed by atoms with Crippen molar-refractivity contribution in [2.75, 3.05) is 18.8 Å². The number of aromatic nitrogens is 3. The van der Waals surface area contributed by atoms with E-state index in [1.807, 2.05) is 139 Å². The number of carbonyl (C=O) groups is 3. The monoisotopic (exact) mass is 1550 g/mol. The molecule has 15 aromatic rings. The Morgan fingerprint density at radius 3 is 1.21 bits per heavy atom. The molecule has 0 aliphatic carbocycles. The Kier molecular flexibility index (Phi) is 21.0. The Labute approximate surface area is 638 Å². The smallest absolute Gasteiger partial charge is 0.336 e. The van der Waals surface area contributed by atoms with Crippen molar-refractivity contribution in [3.63, 3.8) is 0 Å². The molecule has 0 saturated heterocycles. The van der Waals surface area contributed by atoms with Gasteiger partial charge in [0.15, 0.2) is 15.6 Å². The Morgan fingerprint density at radius 1 is 0.450 bits per heavy atom. The molecule has 2 unspecified atom stereocenters. The molecule has 0 bridgehead atoms. The van der Waals surface area contributed by atoms with E-state index in [9.17, 15) is 46.5 Å². The maximum Gasteiger partial charge on any atom is 0.336 e. The molecule has 0 amide bonds. The minimum Gasteiger partial charge on any atom is -0.488 e. The molecule has 0 fully saturated rings. The number of hydrogen-bond donors (Lipinski definition) is 3. The van der Waals surface area contributed by atoms with E-state index in [-0.39, 0.29) is 34.8 Å². The summed E-state index contributed by atoms with van der Waals surface area (Å²) in [5.74, 6) is 6.08. The van der Waals surface area contributed by atoms with Gasteiger partial charge in [-0.3, -0.25) is 8.42 Å². The highest BCUT2D eigenvalue weighted by molar-refractivity contribution is 8.00. The predicted octanol–water partition coefficient (Wildman–Crippen LogP) is 19.9. The second-order valence-electron chi connectivity index (χ2n) is 27.0. The van der Waals surface area contributed by atoms with Gasteiger partial charge in [0.25, 0.3) is 0 Å². The summed E-state index contributed by atoms with van der Waals surface area (Å²) in [7, 11) is -7.89. The largest absolute Gasteiger partial charge is 0.488 e. The van der Waals surface area contributed by atoms with Crippen LogP contribution in [0.2, 0.25) is 0 Å². The van der Waals surface area contributed by atoms with Crippen molar-refractivity contribution >= 4 is 145 Å². The molecule has 17 nitrogen and oxygen atoms in total. The molecular formula is C87H75N3O14S5. The molecule has 22 heteroatoms. The highest BCUT2D eigenvalue weighted by Gasteiger charge is 2.26. The van der Waals surface area contributed by atoms with E-state index in [1.165, 1.54) is 0 Å². The number of sulfone groups is 1.